The molecule has 1 N–H and O–H groups in total. The topological polar surface area (TPSA) is 21.3 Å². The molecule has 1 fully saturated rings. The molecule has 0 bridgehead atoms. The number of rotatable bonds is 4. The lowest BCUT2D eigenvalue weighted by Crippen LogP contribution is -2.24. The Morgan fingerprint density at radius 1 is 1.40 bits per heavy atom. The lowest BCUT2D eigenvalue weighted by atomic mass is 10.1. The molecule has 0 spiro atoms. The second kappa shape index (κ2) is 3.77. The van der Waals surface area contributed by atoms with E-state index >= 15 is 0 Å². The monoisotopic (exact) mass is 213 g/mol. The fourth-order valence-electron chi connectivity index (χ4n) is 1.78. The SMILES string of the molecule is CNC1(c2cccc(OC(F)F)c2)CC1. The molecule has 4 heteroatoms. The van der Waals surface area contributed by atoms with Crippen molar-refractivity contribution in [3.8, 4) is 5.75 Å². The van der Waals surface area contributed by atoms with Crippen LogP contribution in [0.4, 0.5) is 8.78 Å². The molecule has 1 aliphatic rings. The first-order valence-corrected chi connectivity index (χ1v) is 4.90. The van der Waals surface area contributed by atoms with E-state index in [1.807, 2.05) is 13.1 Å². The van der Waals surface area contributed by atoms with Gasteiger partial charge in [-0.05, 0) is 37.6 Å². The number of nitrogens with one attached hydrogen (secondary N) is 1. The van der Waals surface area contributed by atoms with E-state index in [0.29, 0.717) is 0 Å². The summed E-state index contributed by atoms with van der Waals surface area (Å²) in [6, 6.07) is 6.89. The van der Waals surface area contributed by atoms with Crippen LogP contribution in [0, 0.1) is 0 Å². The fraction of sp³-hybridized carbons (Fsp3) is 0.455. The maximum Gasteiger partial charge on any atom is 0.387 e. The minimum Gasteiger partial charge on any atom is -0.435 e. The van der Waals surface area contributed by atoms with E-state index in [1.54, 1.807) is 18.2 Å². The number of alkyl halides is 2. The van der Waals surface area contributed by atoms with Crippen LogP contribution in [0.1, 0.15) is 18.4 Å². The summed E-state index contributed by atoms with van der Waals surface area (Å²) in [5, 5.41) is 3.21. The highest BCUT2D eigenvalue weighted by atomic mass is 19.3. The van der Waals surface area contributed by atoms with Gasteiger partial charge in [0.2, 0.25) is 0 Å². The molecule has 2 rings (SSSR count). The summed E-state index contributed by atoms with van der Waals surface area (Å²) in [5.41, 5.74) is 1.00. The molecule has 1 aliphatic carbocycles. The Kier molecular flexibility index (Phi) is 2.61. The lowest BCUT2D eigenvalue weighted by molar-refractivity contribution is -0.0499. The van der Waals surface area contributed by atoms with Crippen molar-refractivity contribution in [2.45, 2.75) is 25.0 Å². The van der Waals surface area contributed by atoms with E-state index in [2.05, 4.69) is 10.1 Å². The molecule has 0 atom stereocenters. The predicted molar refractivity (Wildman–Crippen MR) is 53.0 cm³/mol. The van der Waals surface area contributed by atoms with Crippen molar-refractivity contribution in [1.29, 1.82) is 0 Å². The van der Waals surface area contributed by atoms with Crippen LogP contribution in [-0.2, 0) is 5.54 Å². The van der Waals surface area contributed by atoms with Crippen molar-refractivity contribution in [1.82, 2.24) is 5.32 Å². The molecule has 0 amide bonds. The average Bonchev–Trinajstić information content (AvgIpc) is 2.97. The number of ether oxygens (including phenoxy) is 1. The molecule has 0 aromatic heterocycles. The Bertz CT molecular complexity index is 350. The van der Waals surface area contributed by atoms with Gasteiger partial charge in [0, 0.05) is 5.54 Å². The molecule has 2 nitrogen and oxygen atoms in total. The molecule has 1 saturated carbocycles. The summed E-state index contributed by atoms with van der Waals surface area (Å²) in [4.78, 5) is 0. The van der Waals surface area contributed by atoms with Crippen LogP contribution in [0.3, 0.4) is 0 Å². The highest BCUT2D eigenvalue weighted by molar-refractivity contribution is 5.36. The molecule has 0 saturated heterocycles. The van der Waals surface area contributed by atoms with Gasteiger partial charge in [-0.2, -0.15) is 8.78 Å². The van der Waals surface area contributed by atoms with Crippen molar-refractivity contribution in [2.24, 2.45) is 0 Å². The molecule has 0 radical (unpaired) electrons. The summed E-state index contributed by atoms with van der Waals surface area (Å²) >= 11 is 0. The summed E-state index contributed by atoms with van der Waals surface area (Å²) < 4.78 is 28.4. The van der Waals surface area contributed by atoms with Gasteiger partial charge in [0.15, 0.2) is 0 Å². The van der Waals surface area contributed by atoms with E-state index in [0.717, 1.165) is 18.4 Å². The molecule has 0 heterocycles. The van der Waals surface area contributed by atoms with Gasteiger partial charge in [-0.1, -0.05) is 12.1 Å². The Morgan fingerprint density at radius 3 is 2.67 bits per heavy atom. The van der Waals surface area contributed by atoms with Crippen LogP contribution in [0.5, 0.6) is 5.75 Å². The lowest BCUT2D eigenvalue weighted by Gasteiger charge is -2.15. The summed E-state index contributed by atoms with van der Waals surface area (Å²) in [6.45, 7) is -2.76. The van der Waals surface area contributed by atoms with Crippen LogP contribution in [0.2, 0.25) is 0 Å². The second-order valence-electron chi connectivity index (χ2n) is 3.74. The Labute approximate surface area is 87.2 Å². The van der Waals surface area contributed by atoms with Gasteiger partial charge in [-0.3, -0.25) is 0 Å². The maximum absolute atomic E-state index is 12.0. The van der Waals surface area contributed by atoms with Crippen LogP contribution in [0.25, 0.3) is 0 Å². The number of benzene rings is 1. The summed E-state index contributed by atoms with van der Waals surface area (Å²) in [6.07, 6.45) is 2.09. The summed E-state index contributed by atoms with van der Waals surface area (Å²) in [5.74, 6) is 0.226. The van der Waals surface area contributed by atoms with E-state index in [-0.39, 0.29) is 11.3 Å². The zero-order valence-electron chi connectivity index (χ0n) is 8.47. The minimum atomic E-state index is -2.76. The van der Waals surface area contributed by atoms with E-state index in [9.17, 15) is 8.78 Å². The molecule has 0 aliphatic heterocycles. The van der Waals surface area contributed by atoms with Crippen LogP contribution >= 0.6 is 0 Å². The summed E-state index contributed by atoms with van der Waals surface area (Å²) in [7, 11) is 1.88. The van der Waals surface area contributed by atoms with E-state index < -0.39 is 6.61 Å². The van der Waals surface area contributed by atoms with Gasteiger partial charge in [0.25, 0.3) is 0 Å². The highest BCUT2D eigenvalue weighted by Gasteiger charge is 2.42. The first-order valence-electron chi connectivity index (χ1n) is 4.90. The van der Waals surface area contributed by atoms with Crippen molar-refractivity contribution in [3.63, 3.8) is 0 Å². The smallest absolute Gasteiger partial charge is 0.387 e. The van der Waals surface area contributed by atoms with E-state index in [1.165, 1.54) is 0 Å². The van der Waals surface area contributed by atoms with Crippen molar-refractivity contribution in [2.75, 3.05) is 7.05 Å². The standard InChI is InChI=1S/C11H13F2NO/c1-14-11(5-6-11)8-3-2-4-9(7-8)15-10(12)13/h2-4,7,10,14H,5-6H2,1H3. The molecular formula is C11H13F2NO. The largest absolute Gasteiger partial charge is 0.435 e. The van der Waals surface area contributed by atoms with Gasteiger partial charge in [0.1, 0.15) is 5.75 Å². The molecule has 15 heavy (non-hydrogen) atoms. The Morgan fingerprint density at radius 2 is 2.13 bits per heavy atom. The van der Waals surface area contributed by atoms with Gasteiger partial charge >= 0.3 is 6.61 Å². The molecule has 0 unspecified atom stereocenters. The Balaban J connectivity index is 2.19. The normalized spacial score (nSPS) is 17.9. The second-order valence-corrected chi connectivity index (χ2v) is 3.74. The van der Waals surface area contributed by atoms with Gasteiger partial charge in [0.05, 0.1) is 0 Å². The minimum absolute atomic E-state index is 0.0124. The zero-order valence-corrected chi connectivity index (χ0v) is 8.47. The van der Waals surface area contributed by atoms with E-state index in [4.69, 9.17) is 0 Å². The Hall–Kier alpha value is -1.16. The molecule has 1 aromatic carbocycles. The zero-order chi connectivity index (χ0) is 10.9. The third-order valence-electron chi connectivity index (χ3n) is 2.84. The maximum atomic E-state index is 12.0. The quantitative estimate of drug-likeness (QED) is 0.829. The van der Waals surface area contributed by atoms with Gasteiger partial charge < -0.3 is 10.1 Å². The average molecular weight is 213 g/mol. The predicted octanol–water partition coefficient (Wildman–Crippen LogP) is 2.50. The van der Waals surface area contributed by atoms with Crippen molar-refractivity contribution >= 4 is 0 Å². The third kappa shape index (κ3) is 2.09. The molecular weight excluding hydrogens is 200 g/mol. The highest BCUT2D eigenvalue weighted by Crippen LogP contribution is 2.45. The third-order valence-corrected chi connectivity index (χ3v) is 2.84. The number of hydrogen-bond donors (Lipinski definition) is 1. The number of halogens is 2. The van der Waals surface area contributed by atoms with Gasteiger partial charge in [-0.25, -0.2) is 0 Å². The fourth-order valence-corrected chi connectivity index (χ4v) is 1.78. The van der Waals surface area contributed by atoms with Gasteiger partial charge in [-0.15, -0.1) is 0 Å². The number of hydrogen-bond acceptors (Lipinski definition) is 2. The first kappa shape index (κ1) is 10.4. The van der Waals surface area contributed by atoms with Crippen LogP contribution in [0.15, 0.2) is 24.3 Å². The first-order chi connectivity index (χ1) is 7.16. The van der Waals surface area contributed by atoms with Crippen LogP contribution < -0.4 is 10.1 Å². The molecule has 1 aromatic rings. The van der Waals surface area contributed by atoms with Crippen LogP contribution in [-0.4, -0.2) is 13.7 Å². The van der Waals surface area contributed by atoms with Crippen molar-refractivity contribution < 1.29 is 13.5 Å². The molecule has 82 valence electrons. The van der Waals surface area contributed by atoms with Crippen molar-refractivity contribution in [3.05, 3.63) is 29.8 Å².